The zero-order valence-electron chi connectivity index (χ0n) is 24.7. The van der Waals surface area contributed by atoms with Crippen molar-refractivity contribution in [2.45, 2.75) is 52.6 Å². The van der Waals surface area contributed by atoms with Crippen molar-refractivity contribution in [2.24, 2.45) is 0 Å². The molecule has 9 nitrogen and oxygen atoms in total. The quantitative estimate of drug-likeness (QED) is 0.205. The Hall–Kier alpha value is -4.05. The Kier molecular flexibility index (Phi) is 13.5. The smallest absolute Gasteiger partial charge is 0.475 e. The van der Waals surface area contributed by atoms with Gasteiger partial charge in [0.25, 0.3) is 5.56 Å². The van der Waals surface area contributed by atoms with E-state index in [9.17, 15) is 35.9 Å². The molecule has 0 bridgehead atoms. The standard InChI is InChI=1S/C27H32F3N5O2S.C2HF3O2/c1-4-23-25(37)31-26(38)35(32-23)18-24(36)34(16-15-33(5-2)6-3)17-19-7-9-20(10-8-19)21-11-13-22(14-12-21)27(28,29)30;3-2(4,5)1(6)7/h7-14H,4-6,15-18H2,1-3H3,(H,31,37,38);(H,6,7). The average Bonchev–Trinajstić information content (AvgIpc) is 2.98. The molecule has 3 rings (SSSR count). The number of nitrogens with one attached hydrogen (secondary N) is 1. The number of amides is 1. The fourth-order valence-corrected chi connectivity index (χ4v) is 4.20. The van der Waals surface area contributed by atoms with E-state index in [4.69, 9.17) is 22.1 Å². The first-order valence-corrected chi connectivity index (χ1v) is 14.2. The molecule has 45 heavy (non-hydrogen) atoms. The average molecular weight is 662 g/mol. The predicted octanol–water partition coefficient (Wildman–Crippen LogP) is 5.55. The Bertz CT molecular complexity index is 1530. The normalized spacial score (nSPS) is 11.6. The number of carbonyl (C=O) groups is 2. The molecule has 0 aliphatic carbocycles. The lowest BCUT2D eigenvalue weighted by Gasteiger charge is -2.27. The lowest BCUT2D eigenvalue weighted by molar-refractivity contribution is -0.192. The molecule has 16 heteroatoms. The van der Waals surface area contributed by atoms with E-state index < -0.39 is 23.9 Å². The van der Waals surface area contributed by atoms with Crippen LogP contribution >= 0.6 is 12.2 Å². The van der Waals surface area contributed by atoms with Crippen LogP contribution in [0.4, 0.5) is 26.3 Å². The van der Waals surface area contributed by atoms with Crippen molar-refractivity contribution in [3.8, 4) is 11.1 Å². The van der Waals surface area contributed by atoms with Gasteiger partial charge >= 0.3 is 18.3 Å². The molecule has 0 unspecified atom stereocenters. The highest BCUT2D eigenvalue weighted by Crippen LogP contribution is 2.31. The number of aryl methyl sites for hydroxylation is 1. The van der Waals surface area contributed by atoms with Crippen LogP contribution in [0.3, 0.4) is 0 Å². The molecule has 0 aliphatic rings. The third kappa shape index (κ3) is 11.4. The first kappa shape index (κ1) is 37.1. The highest BCUT2D eigenvalue weighted by molar-refractivity contribution is 7.71. The molecule has 3 aromatic rings. The summed E-state index contributed by atoms with van der Waals surface area (Å²) in [5, 5.41) is 11.4. The monoisotopic (exact) mass is 661 g/mol. The van der Waals surface area contributed by atoms with Crippen molar-refractivity contribution in [1.82, 2.24) is 24.6 Å². The number of carboxylic acids is 1. The molecule has 0 saturated carbocycles. The minimum atomic E-state index is -5.08. The van der Waals surface area contributed by atoms with E-state index in [2.05, 4.69) is 28.8 Å². The summed E-state index contributed by atoms with van der Waals surface area (Å²) >= 11 is 5.22. The number of hydrogen-bond donors (Lipinski definition) is 2. The number of alkyl halides is 6. The van der Waals surface area contributed by atoms with E-state index in [1.807, 2.05) is 24.3 Å². The van der Waals surface area contributed by atoms with Gasteiger partial charge in [-0.15, -0.1) is 0 Å². The Morgan fingerprint density at radius 3 is 1.87 bits per heavy atom. The van der Waals surface area contributed by atoms with Crippen molar-refractivity contribution in [2.75, 3.05) is 26.2 Å². The number of carboxylic acid groups (broad SMARTS) is 1. The summed E-state index contributed by atoms with van der Waals surface area (Å²) in [5.74, 6) is -2.95. The van der Waals surface area contributed by atoms with Crippen LogP contribution in [0.5, 0.6) is 0 Å². The molecule has 0 radical (unpaired) electrons. The Labute approximate surface area is 260 Å². The maximum atomic E-state index is 13.4. The lowest BCUT2D eigenvalue weighted by atomic mass is 10.0. The van der Waals surface area contributed by atoms with E-state index >= 15 is 0 Å². The fourth-order valence-electron chi connectivity index (χ4n) is 4.01. The van der Waals surface area contributed by atoms with Gasteiger partial charge in [0.1, 0.15) is 12.2 Å². The summed E-state index contributed by atoms with van der Waals surface area (Å²) in [6.45, 7) is 9.04. The Balaban J connectivity index is 0.000000900. The Morgan fingerprint density at radius 2 is 1.42 bits per heavy atom. The van der Waals surface area contributed by atoms with E-state index in [-0.39, 0.29) is 22.8 Å². The maximum absolute atomic E-state index is 13.4. The molecular formula is C29H33F6N5O4S. The number of hydrogen-bond acceptors (Lipinski definition) is 6. The molecule has 2 aromatic carbocycles. The fraction of sp³-hybridized carbons (Fsp3) is 0.414. The number of nitrogens with zero attached hydrogens (tertiary/aromatic N) is 4. The molecule has 246 valence electrons. The van der Waals surface area contributed by atoms with Crippen molar-refractivity contribution >= 4 is 24.1 Å². The van der Waals surface area contributed by atoms with Gasteiger partial charge in [-0.1, -0.05) is 57.2 Å². The van der Waals surface area contributed by atoms with Gasteiger partial charge in [-0.3, -0.25) is 14.6 Å². The van der Waals surface area contributed by atoms with Crippen LogP contribution in [-0.2, 0) is 35.3 Å². The third-order valence-electron chi connectivity index (χ3n) is 6.63. The van der Waals surface area contributed by atoms with Crippen molar-refractivity contribution in [3.05, 3.63) is 80.5 Å². The van der Waals surface area contributed by atoms with E-state index in [0.29, 0.717) is 37.3 Å². The second-order valence-electron chi connectivity index (χ2n) is 9.63. The highest BCUT2D eigenvalue weighted by Gasteiger charge is 2.38. The van der Waals surface area contributed by atoms with Crippen LogP contribution in [-0.4, -0.2) is 73.9 Å². The zero-order valence-corrected chi connectivity index (χ0v) is 25.5. The first-order valence-electron chi connectivity index (χ1n) is 13.8. The number of carbonyl (C=O) groups excluding carboxylic acids is 1. The number of aliphatic carboxylic acids is 1. The summed E-state index contributed by atoms with van der Waals surface area (Å²) in [7, 11) is 0. The summed E-state index contributed by atoms with van der Waals surface area (Å²) in [4.78, 5) is 40.7. The summed E-state index contributed by atoms with van der Waals surface area (Å²) in [6.07, 6.45) is -9.05. The van der Waals surface area contributed by atoms with Crippen molar-refractivity contribution in [1.29, 1.82) is 0 Å². The van der Waals surface area contributed by atoms with Crippen molar-refractivity contribution in [3.63, 3.8) is 0 Å². The number of rotatable bonds is 11. The van der Waals surface area contributed by atoms with Crippen LogP contribution in [0.1, 0.15) is 37.6 Å². The van der Waals surface area contributed by atoms with Gasteiger partial charge in [0.15, 0.2) is 4.77 Å². The molecule has 0 atom stereocenters. The molecule has 1 heterocycles. The Morgan fingerprint density at radius 1 is 0.911 bits per heavy atom. The van der Waals surface area contributed by atoms with Gasteiger partial charge in [-0.25, -0.2) is 9.48 Å². The van der Waals surface area contributed by atoms with Crippen LogP contribution in [0, 0.1) is 4.77 Å². The summed E-state index contributed by atoms with van der Waals surface area (Å²) < 4.78 is 71.8. The molecule has 0 saturated heterocycles. The van der Waals surface area contributed by atoms with Crippen LogP contribution in [0.15, 0.2) is 53.3 Å². The van der Waals surface area contributed by atoms with E-state index in [0.717, 1.165) is 36.3 Å². The maximum Gasteiger partial charge on any atom is 0.490 e. The lowest BCUT2D eigenvalue weighted by Crippen LogP contribution is -2.40. The molecule has 2 N–H and O–H groups in total. The van der Waals surface area contributed by atoms with Gasteiger partial charge in [-0.05, 0) is 60.6 Å². The second-order valence-corrected chi connectivity index (χ2v) is 10.0. The summed E-state index contributed by atoms with van der Waals surface area (Å²) in [5.41, 5.74) is 1.58. The van der Waals surface area contributed by atoms with Gasteiger partial charge in [0, 0.05) is 19.6 Å². The number of aromatic nitrogens is 3. The topological polar surface area (TPSA) is 112 Å². The van der Waals surface area contributed by atoms with Gasteiger partial charge < -0.3 is 14.9 Å². The van der Waals surface area contributed by atoms with Gasteiger partial charge in [0.05, 0.1) is 5.56 Å². The minimum Gasteiger partial charge on any atom is -0.475 e. The van der Waals surface area contributed by atoms with E-state index in [1.54, 1.807) is 11.8 Å². The third-order valence-corrected chi connectivity index (χ3v) is 6.94. The number of likely N-dealkylation sites (N-methyl/N-ethyl adjacent to an activating group) is 1. The van der Waals surface area contributed by atoms with Gasteiger partial charge in [-0.2, -0.15) is 31.4 Å². The second kappa shape index (κ2) is 16.3. The SMILES string of the molecule is CCc1nn(CC(=O)N(CCN(CC)CC)Cc2ccc(-c3ccc(C(F)(F)F)cc3)cc2)c(=S)[nH]c1=O.O=C(O)C(F)(F)F. The first-order chi connectivity index (χ1) is 21.0. The number of halogens is 6. The molecule has 0 spiro atoms. The molecule has 0 aliphatic heterocycles. The molecule has 0 fully saturated rings. The van der Waals surface area contributed by atoms with Gasteiger partial charge in [0.2, 0.25) is 5.91 Å². The number of aromatic amines is 1. The predicted molar refractivity (Wildman–Crippen MR) is 157 cm³/mol. The van der Waals surface area contributed by atoms with Crippen LogP contribution < -0.4 is 5.56 Å². The summed E-state index contributed by atoms with van der Waals surface area (Å²) in [6, 6.07) is 12.4. The van der Waals surface area contributed by atoms with Crippen molar-refractivity contribution < 1.29 is 41.0 Å². The van der Waals surface area contributed by atoms with E-state index in [1.165, 1.54) is 16.8 Å². The van der Waals surface area contributed by atoms with Crippen LogP contribution in [0.2, 0.25) is 0 Å². The largest absolute Gasteiger partial charge is 0.490 e. The molecule has 1 amide bonds. The number of benzene rings is 2. The molecular weight excluding hydrogens is 628 g/mol. The zero-order chi connectivity index (χ0) is 33.9. The minimum absolute atomic E-state index is 0.0881. The number of H-pyrrole nitrogens is 1. The molecule has 1 aromatic heterocycles. The van der Waals surface area contributed by atoms with Crippen LogP contribution in [0.25, 0.3) is 11.1 Å². The highest BCUT2D eigenvalue weighted by atomic mass is 32.1.